The Morgan fingerprint density at radius 2 is 1.73 bits per heavy atom. The lowest BCUT2D eigenvalue weighted by molar-refractivity contribution is 0.0693. The molecule has 0 aliphatic carbocycles. The molecule has 1 saturated heterocycles. The van der Waals surface area contributed by atoms with Crippen molar-refractivity contribution in [2.75, 3.05) is 13.1 Å². The topological polar surface area (TPSA) is 55.2 Å². The molecule has 6 heteroatoms. The number of para-hydroxylation sites is 1. The molecule has 5 nitrogen and oxygen atoms in total. The van der Waals surface area contributed by atoms with Crippen molar-refractivity contribution in [1.82, 2.24) is 14.5 Å². The summed E-state index contributed by atoms with van der Waals surface area (Å²) in [6, 6.07) is 14.4. The molecule has 0 atom stereocenters. The molecule has 2 heterocycles. The second kappa shape index (κ2) is 6.92. The SMILES string of the molecule is O=C(c1ccc(Cl)cc1)N1CCC(n2cnc3ccccc3c2=O)CC1. The average molecular weight is 368 g/mol. The van der Waals surface area contributed by atoms with Crippen molar-refractivity contribution in [3.05, 3.63) is 75.8 Å². The molecule has 0 spiro atoms. The lowest BCUT2D eigenvalue weighted by Crippen LogP contribution is -2.40. The van der Waals surface area contributed by atoms with E-state index in [4.69, 9.17) is 11.6 Å². The van der Waals surface area contributed by atoms with E-state index in [0.717, 1.165) is 12.8 Å². The van der Waals surface area contributed by atoms with Crippen molar-refractivity contribution in [3.63, 3.8) is 0 Å². The zero-order chi connectivity index (χ0) is 18.1. The van der Waals surface area contributed by atoms with Crippen molar-refractivity contribution in [2.45, 2.75) is 18.9 Å². The molecule has 1 fully saturated rings. The van der Waals surface area contributed by atoms with Crippen LogP contribution in [0.3, 0.4) is 0 Å². The van der Waals surface area contributed by atoms with Crippen LogP contribution in [0.4, 0.5) is 0 Å². The van der Waals surface area contributed by atoms with Crippen LogP contribution in [0.5, 0.6) is 0 Å². The monoisotopic (exact) mass is 367 g/mol. The third-order valence-electron chi connectivity index (χ3n) is 4.93. The highest BCUT2D eigenvalue weighted by Gasteiger charge is 2.25. The van der Waals surface area contributed by atoms with Gasteiger partial charge < -0.3 is 4.90 Å². The summed E-state index contributed by atoms with van der Waals surface area (Å²) in [6.45, 7) is 1.23. The number of rotatable bonds is 2. The summed E-state index contributed by atoms with van der Waals surface area (Å²) < 4.78 is 1.71. The van der Waals surface area contributed by atoms with Crippen LogP contribution in [0.1, 0.15) is 29.2 Å². The minimum atomic E-state index is -0.0157. The fourth-order valence-corrected chi connectivity index (χ4v) is 3.59. The van der Waals surface area contributed by atoms with Gasteiger partial charge in [0.25, 0.3) is 11.5 Å². The molecule has 26 heavy (non-hydrogen) atoms. The van der Waals surface area contributed by atoms with Crippen LogP contribution < -0.4 is 5.56 Å². The molecule has 4 rings (SSSR count). The van der Waals surface area contributed by atoms with Gasteiger partial charge in [0, 0.05) is 29.7 Å². The Bertz CT molecular complexity index is 1010. The number of nitrogens with zero attached hydrogens (tertiary/aromatic N) is 3. The summed E-state index contributed by atoms with van der Waals surface area (Å²) in [4.78, 5) is 31.6. The normalized spacial score (nSPS) is 15.3. The second-order valence-electron chi connectivity index (χ2n) is 6.50. The Labute approximate surface area is 155 Å². The molecule has 0 saturated carbocycles. The molecule has 132 valence electrons. The first kappa shape index (κ1) is 16.8. The van der Waals surface area contributed by atoms with Crippen LogP contribution in [-0.4, -0.2) is 33.4 Å². The fourth-order valence-electron chi connectivity index (χ4n) is 3.47. The molecule has 0 radical (unpaired) electrons. The van der Waals surface area contributed by atoms with Crippen LogP contribution in [0, 0.1) is 0 Å². The van der Waals surface area contributed by atoms with Crippen molar-refractivity contribution < 1.29 is 4.79 Å². The molecule has 0 N–H and O–H groups in total. The highest BCUT2D eigenvalue weighted by molar-refractivity contribution is 6.30. The summed E-state index contributed by atoms with van der Waals surface area (Å²) >= 11 is 5.88. The summed E-state index contributed by atoms with van der Waals surface area (Å²) in [5, 5.41) is 1.25. The van der Waals surface area contributed by atoms with Gasteiger partial charge in [-0.1, -0.05) is 23.7 Å². The van der Waals surface area contributed by atoms with Gasteiger partial charge in [-0.05, 0) is 49.2 Å². The van der Waals surface area contributed by atoms with Gasteiger partial charge in [0.05, 0.1) is 17.2 Å². The van der Waals surface area contributed by atoms with Crippen LogP contribution in [0.15, 0.2) is 59.7 Å². The molecule has 2 aromatic carbocycles. The van der Waals surface area contributed by atoms with E-state index in [9.17, 15) is 9.59 Å². The Balaban J connectivity index is 1.50. The molecule has 0 unspecified atom stereocenters. The summed E-state index contributed by atoms with van der Waals surface area (Å²) in [5.74, 6) is 0.00380. The standard InChI is InChI=1S/C20H18ClN3O2/c21-15-7-5-14(6-8-15)19(25)23-11-9-16(10-12-23)24-13-22-18-4-2-1-3-17(18)20(24)26/h1-8,13,16H,9-12H2. The first-order chi connectivity index (χ1) is 12.6. The number of hydrogen-bond donors (Lipinski definition) is 0. The highest BCUT2D eigenvalue weighted by atomic mass is 35.5. The second-order valence-corrected chi connectivity index (χ2v) is 6.94. The number of aromatic nitrogens is 2. The molecular weight excluding hydrogens is 350 g/mol. The molecular formula is C20H18ClN3O2. The van der Waals surface area contributed by atoms with E-state index in [1.807, 2.05) is 23.1 Å². The molecule has 1 aromatic heterocycles. The molecule has 1 amide bonds. The number of hydrogen-bond acceptors (Lipinski definition) is 3. The number of benzene rings is 2. The number of likely N-dealkylation sites (tertiary alicyclic amines) is 1. The van der Waals surface area contributed by atoms with Gasteiger partial charge in [-0.3, -0.25) is 14.2 Å². The lowest BCUT2D eigenvalue weighted by Gasteiger charge is -2.32. The van der Waals surface area contributed by atoms with Gasteiger partial charge in [-0.15, -0.1) is 0 Å². The number of fused-ring (bicyclic) bond motifs is 1. The average Bonchev–Trinajstić information content (AvgIpc) is 2.69. The van der Waals surface area contributed by atoms with Crippen LogP contribution >= 0.6 is 11.6 Å². The number of amides is 1. The summed E-state index contributed by atoms with van der Waals surface area (Å²) in [6.07, 6.45) is 3.10. The first-order valence-electron chi connectivity index (χ1n) is 8.64. The third kappa shape index (κ3) is 3.10. The summed E-state index contributed by atoms with van der Waals surface area (Å²) in [7, 11) is 0. The van der Waals surface area contributed by atoms with Crippen LogP contribution in [-0.2, 0) is 0 Å². The number of carbonyl (C=O) groups excluding carboxylic acids is 1. The van der Waals surface area contributed by atoms with Crippen molar-refractivity contribution in [1.29, 1.82) is 0 Å². The van der Waals surface area contributed by atoms with E-state index in [1.165, 1.54) is 0 Å². The van der Waals surface area contributed by atoms with E-state index in [0.29, 0.717) is 34.6 Å². The summed E-state index contributed by atoms with van der Waals surface area (Å²) in [5.41, 5.74) is 1.33. The van der Waals surface area contributed by atoms with E-state index in [1.54, 1.807) is 41.2 Å². The molecule has 1 aliphatic heterocycles. The van der Waals surface area contributed by atoms with Crippen molar-refractivity contribution in [3.8, 4) is 0 Å². The Hall–Kier alpha value is -2.66. The minimum Gasteiger partial charge on any atom is -0.338 e. The van der Waals surface area contributed by atoms with Gasteiger partial charge in [0.1, 0.15) is 0 Å². The van der Waals surface area contributed by atoms with Gasteiger partial charge >= 0.3 is 0 Å². The molecule has 0 bridgehead atoms. The predicted molar refractivity (Wildman–Crippen MR) is 102 cm³/mol. The first-order valence-corrected chi connectivity index (χ1v) is 9.02. The van der Waals surface area contributed by atoms with E-state index in [-0.39, 0.29) is 17.5 Å². The van der Waals surface area contributed by atoms with Crippen molar-refractivity contribution in [2.24, 2.45) is 0 Å². The third-order valence-corrected chi connectivity index (χ3v) is 5.18. The van der Waals surface area contributed by atoms with Crippen molar-refractivity contribution >= 4 is 28.4 Å². The van der Waals surface area contributed by atoms with Gasteiger partial charge in [-0.25, -0.2) is 4.98 Å². The van der Waals surface area contributed by atoms with E-state index < -0.39 is 0 Å². The van der Waals surface area contributed by atoms with Gasteiger partial charge in [0.15, 0.2) is 0 Å². The van der Waals surface area contributed by atoms with E-state index in [2.05, 4.69) is 4.98 Å². The Morgan fingerprint density at radius 1 is 1.04 bits per heavy atom. The quantitative estimate of drug-likeness (QED) is 0.696. The Kier molecular flexibility index (Phi) is 4.47. The maximum Gasteiger partial charge on any atom is 0.261 e. The fraction of sp³-hybridized carbons (Fsp3) is 0.250. The molecule has 1 aliphatic rings. The zero-order valence-corrected chi connectivity index (χ0v) is 14.9. The van der Waals surface area contributed by atoms with Gasteiger partial charge in [0.2, 0.25) is 0 Å². The maximum absolute atomic E-state index is 12.7. The lowest BCUT2D eigenvalue weighted by atomic mass is 10.0. The number of halogens is 1. The Morgan fingerprint density at radius 3 is 2.46 bits per heavy atom. The van der Waals surface area contributed by atoms with Gasteiger partial charge in [-0.2, -0.15) is 0 Å². The van der Waals surface area contributed by atoms with Crippen LogP contribution in [0.2, 0.25) is 5.02 Å². The number of carbonyl (C=O) groups is 1. The smallest absolute Gasteiger partial charge is 0.261 e. The largest absolute Gasteiger partial charge is 0.338 e. The van der Waals surface area contributed by atoms with E-state index >= 15 is 0 Å². The predicted octanol–water partition coefficient (Wildman–Crippen LogP) is 3.53. The maximum atomic E-state index is 12.7. The minimum absolute atomic E-state index is 0.00380. The highest BCUT2D eigenvalue weighted by Crippen LogP contribution is 2.23. The van der Waals surface area contributed by atoms with Crippen LogP contribution in [0.25, 0.3) is 10.9 Å². The zero-order valence-electron chi connectivity index (χ0n) is 14.1. The number of piperidine rings is 1. The molecule has 3 aromatic rings.